The van der Waals surface area contributed by atoms with Gasteiger partial charge in [-0.05, 0) is 67.0 Å². The van der Waals surface area contributed by atoms with E-state index < -0.39 is 23.9 Å². The summed E-state index contributed by atoms with van der Waals surface area (Å²) in [4.78, 5) is 12.9. The van der Waals surface area contributed by atoms with Crippen molar-refractivity contribution in [2.24, 2.45) is 11.8 Å². The predicted molar refractivity (Wildman–Crippen MR) is 106 cm³/mol. The van der Waals surface area contributed by atoms with Crippen molar-refractivity contribution in [2.75, 3.05) is 5.32 Å². The third kappa shape index (κ3) is 5.07. The van der Waals surface area contributed by atoms with Crippen LogP contribution in [0.15, 0.2) is 42.5 Å². The van der Waals surface area contributed by atoms with Gasteiger partial charge in [0, 0.05) is 10.7 Å². The number of benzene rings is 2. The van der Waals surface area contributed by atoms with E-state index in [-0.39, 0.29) is 0 Å². The van der Waals surface area contributed by atoms with Crippen LogP contribution in [-0.2, 0) is 11.2 Å². The van der Waals surface area contributed by atoms with Gasteiger partial charge in [-0.15, -0.1) is 0 Å². The lowest BCUT2D eigenvalue weighted by Crippen LogP contribution is -2.34. The summed E-state index contributed by atoms with van der Waals surface area (Å²) in [5, 5.41) is 3.14. The van der Waals surface area contributed by atoms with Crippen molar-refractivity contribution in [3.63, 3.8) is 0 Å². The van der Waals surface area contributed by atoms with Crippen LogP contribution in [-0.4, -0.2) is 12.1 Å². The monoisotopic (exact) mass is 409 g/mol. The van der Waals surface area contributed by atoms with Gasteiger partial charge in [-0.25, -0.2) is 0 Å². The van der Waals surface area contributed by atoms with Crippen molar-refractivity contribution in [3.05, 3.63) is 64.2 Å². The molecule has 2 nitrogen and oxygen atoms in total. The second-order valence-corrected chi connectivity index (χ2v) is 8.06. The van der Waals surface area contributed by atoms with Gasteiger partial charge in [0.1, 0.15) is 0 Å². The molecule has 1 amide bonds. The molecular weight excluding hydrogens is 387 g/mol. The fraction of sp³-hybridized carbons (Fsp3) is 0.409. The highest BCUT2D eigenvalue weighted by molar-refractivity contribution is 6.31. The second kappa shape index (κ2) is 8.16. The Balaban J connectivity index is 1.86. The minimum atomic E-state index is -4.50. The molecule has 28 heavy (non-hydrogen) atoms. The summed E-state index contributed by atoms with van der Waals surface area (Å²) in [6.07, 6.45) is -1.15. The van der Waals surface area contributed by atoms with Crippen LogP contribution in [0.2, 0.25) is 5.02 Å². The molecule has 1 aliphatic rings. The second-order valence-electron chi connectivity index (χ2n) is 7.65. The van der Waals surface area contributed by atoms with Crippen molar-refractivity contribution < 1.29 is 18.0 Å². The van der Waals surface area contributed by atoms with Crippen molar-refractivity contribution in [2.45, 2.75) is 45.2 Å². The highest BCUT2D eigenvalue weighted by Crippen LogP contribution is 2.39. The number of rotatable bonds is 6. The summed E-state index contributed by atoms with van der Waals surface area (Å²) in [5.74, 6) is -3.18. The molecule has 0 heterocycles. The third-order valence-electron chi connectivity index (χ3n) is 5.26. The molecule has 0 saturated heterocycles. The van der Waals surface area contributed by atoms with Crippen LogP contribution in [0.3, 0.4) is 0 Å². The zero-order valence-corrected chi connectivity index (χ0v) is 16.6. The Bertz CT molecular complexity index is 861. The van der Waals surface area contributed by atoms with Crippen LogP contribution in [0.4, 0.5) is 18.9 Å². The summed E-state index contributed by atoms with van der Waals surface area (Å²) in [6.45, 7) is 2.75. The Morgan fingerprint density at radius 2 is 1.93 bits per heavy atom. The Morgan fingerprint density at radius 1 is 1.21 bits per heavy atom. The lowest BCUT2D eigenvalue weighted by atomic mass is 9.85. The number of carbonyl (C=O) groups is 1. The number of nitrogens with one attached hydrogen (secondary N) is 1. The Morgan fingerprint density at radius 3 is 2.54 bits per heavy atom. The number of anilines is 1. The molecule has 3 rings (SSSR count). The van der Waals surface area contributed by atoms with Gasteiger partial charge < -0.3 is 5.32 Å². The molecule has 0 radical (unpaired) electrons. The lowest BCUT2D eigenvalue weighted by molar-refractivity contribution is -0.178. The van der Waals surface area contributed by atoms with Gasteiger partial charge in [0.15, 0.2) is 0 Å². The van der Waals surface area contributed by atoms with E-state index in [2.05, 4.69) is 5.32 Å². The van der Waals surface area contributed by atoms with E-state index in [1.165, 1.54) is 25.0 Å². The molecule has 0 aliphatic heterocycles. The maximum atomic E-state index is 13.5. The van der Waals surface area contributed by atoms with Crippen molar-refractivity contribution in [1.82, 2.24) is 0 Å². The van der Waals surface area contributed by atoms with E-state index in [1.807, 2.05) is 18.2 Å². The van der Waals surface area contributed by atoms with Crippen LogP contribution in [0.25, 0.3) is 0 Å². The number of halogens is 4. The van der Waals surface area contributed by atoms with Gasteiger partial charge in [-0.1, -0.05) is 42.8 Å². The van der Waals surface area contributed by atoms with E-state index in [0.717, 1.165) is 18.9 Å². The van der Waals surface area contributed by atoms with Crippen molar-refractivity contribution in [1.29, 1.82) is 0 Å². The SMILES string of the molecule is Cc1cc(C(C(=O)Nc2cccc(CC3CC3)c2)C(C)C(F)(F)F)ccc1Cl. The fourth-order valence-electron chi connectivity index (χ4n) is 3.37. The van der Waals surface area contributed by atoms with E-state index in [0.29, 0.717) is 27.8 Å². The first-order valence-electron chi connectivity index (χ1n) is 9.37. The summed E-state index contributed by atoms with van der Waals surface area (Å²) in [5.41, 5.74) is 2.55. The highest BCUT2D eigenvalue weighted by atomic mass is 35.5. The molecule has 2 atom stereocenters. The first-order chi connectivity index (χ1) is 13.1. The molecule has 0 spiro atoms. The summed E-state index contributed by atoms with van der Waals surface area (Å²) < 4.78 is 40.4. The number of carbonyl (C=O) groups excluding carboxylic acids is 1. The van der Waals surface area contributed by atoms with Gasteiger partial charge in [-0.2, -0.15) is 13.2 Å². The molecule has 6 heteroatoms. The fourth-order valence-corrected chi connectivity index (χ4v) is 3.49. The van der Waals surface area contributed by atoms with Crippen LogP contribution in [0, 0.1) is 18.8 Å². The summed E-state index contributed by atoms with van der Waals surface area (Å²) in [7, 11) is 0. The minimum Gasteiger partial charge on any atom is -0.326 e. The van der Waals surface area contributed by atoms with Gasteiger partial charge >= 0.3 is 6.18 Å². The van der Waals surface area contributed by atoms with Crippen LogP contribution in [0.1, 0.15) is 42.4 Å². The summed E-state index contributed by atoms with van der Waals surface area (Å²) in [6, 6.07) is 11.9. The van der Waals surface area contributed by atoms with Crippen LogP contribution in [0.5, 0.6) is 0 Å². The van der Waals surface area contributed by atoms with Gasteiger partial charge in [0.2, 0.25) is 5.91 Å². The van der Waals surface area contributed by atoms with E-state index in [9.17, 15) is 18.0 Å². The first kappa shape index (κ1) is 20.7. The zero-order chi connectivity index (χ0) is 20.5. The molecule has 1 aliphatic carbocycles. The largest absolute Gasteiger partial charge is 0.392 e. The maximum absolute atomic E-state index is 13.5. The topological polar surface area (TPSA) is 29.1 Å². The predicted octanol–water partition coefficient (Wildman–Crippen LogP) is 6.52. The number of aryl methyl sites for hydroxylation is 1. The molecular formula is C22H23ClF3NO. The quantitative estimate of drug-likeness (QED) is 0.578. The van der Waals surface area contributed by atoms with E-state index >= 15 is 0 Å². The molecule has 0 aromatic heterocycles. The minimum absolute atomic E-state index is 0.304. The van der Waals surface area contributed by atoms with Crippen LogP contribution < -0.4 is 5.32 Å². The van der Waals surface area contributed by atoms with E-state index in [1.54, 1.807) is 19.1 Å². The first-order valence-corrected chi connectivity index (χ1v) is 9.75. The van der Waals surface area contributed by atoms with Crippen molar-refractivity contribution >= 4 is 23.2 Å². The smallest absolute Gasteiger partial charge is 0.326 e. The molecule has 1 fully saturated rings. The molecule has 1 saturated carbocycles. The molecule has 0 bridgehead atoms. The Hall–Kier alpha value is -2.01. The summed E-state index contributed by atoms with van der Waals surface area (Å²) >= 11 is 6.01. The van der Waals surface area contributed by atoms with Crippen molar-refractivity contribution in [3.8, 4) is 0 Å². The number of hydrogen-bond acceptors (Lipinski definition) is 1. The van der Waals surface area contributed by atoms with E-state index in [4.69, 9.17) is 11.6 Å². The average Bonchev–Trinajstić information content (AvgIpc) is 3.41. The number of alkyl halides is 3. The zero-order valence-electron chi connectivity index (χ0n) is 15.8. The number of hydrogen-bond donors (Lipinski definition) is 1. The number of amides is 1. The maximum Gasteiger partial charge on any atom is 0.392 e. The Labute approximate surface area is 168 Å². The van der Waals surface area contributed by atoms with Gasteiger partial charge in [0.05, 0.1) is 11.8 Å². The van der Waals surface area contributed by atoms with Gasteiger partial charge in [0.25, 0.3) is 0 Å². The average molecular weight is 410 g/mol. The highest BCUT2D eigenvalue weighted by Gasteiger charge is 2.45. The normalized spacial score (nSPS) is 16.5. The molecule has 2 aromatic rings. The lowest BCUT2D eigenvalue weighted by Gasteiger charge is -2.26. The molecule has 1 N–H and O–H groups in total. The molecule has 150 valence electrons. The third-order valence-corrected chi connectivity index (χ3v) is 5.68. The van der Waals surface area contributed by atoms with Gasteiger partial charge in [-0.3, -0.25) is 4.79 Å². The van der Waals surface area contributed by atoms with Crippen LogP contribution >= 0.6 is 11.6 Å². The molecule has 2 aromatic carbocycles. The molecule has 2 unspecified atom stereocenters. The Kier molecular flexibility index (Phi) is 6.04. The standard InChI is InChI=1S/C22H23ClF3NO/c1-13-10-17(8-9-19(13)23)20(14(2)22(24,25)26)21(28)27-18-5-3-4-16(12-18)11-15-6-7-15/h3-5,8-10,12,14-15,20H,6-7,11H2,1-2H3,(H,27,28).